The van der Waals surface area contributed by atoms with E-state index in [4.69, 9.17) is 0 Å². The van der Waals surface area contributed by atoms with Gasteiger partial charge < -0.3 is 4.72 Å². The second-order valence-corrected chi connectivity index (χ2v) is 6.31. The molecule has 0 saturated heterocycles. The maximum Gasteiger partial charge on any atom is 0.263 e. The van der Waals surface area contributed by atoms with E-state index < -0.39 is 0 Å². The standard InChI is InChI=1S/C16H18N4OS/c1-11(2)5-8-20-15-12(4-3-6-18-15)10-13(16(20)21)14-17-7-9-22-19-14/h3-4,6-7,9-11H,5,8H2,1-2H3,(H,17,19). The van der Waals surface area contributed by atoms with Crippen LogP contribution in [0.4, 0.5) is 0 Å². The van der Waals surface area contributed by atoms with Gasteiger partial charge in [0.05, 0.1) is 5.56 Å². The Kier molecular flexibility index (Phi) is 4.29. The zero-order chi connectivity index (χ0) is 15.5. The Balaban J connectivity index is 2.17. The molecule has 0 aromatic carbocycles. The molecule has 3 heterocycles. The Morgan fingerprint density at radius 3 is 3.00 bits per heavy atom. The molecule has 0 saturated carbocycles. The summed E-state index contributed by atoms with van der Waals surface area (Å²) in [6, 6.07) is 5.72. The number of aromatic nitrogens is 2. The lowest BCUT2D eigenvalue weighted by molar-refractivity contribution is 0.515. The number of amidine groups is 1. The molecular weight excluding hydrogens is 296 g/mol. The first-order valence-electron chi connectivity index (χ1n) is 7.30. The van der Waals surface area contributed by atoms with Gasteiger partial charge in [-0.1, -0.05) is 13.8 Å². The van der Waals surface area contributed by atoms with E-state index >= 15 is 0 Å². The molecule has 0 radical (unpaired) electrons. The van der Waals surface area contributed by atoms with Crippen molar-refractivity contribution in [3.63, 3.8) is 0 Å². The van der Waals surface area contributed by atoms with Crippen LogP contribution in [-0.4, -0.2) is 15.4 Å². The summed E-state index contributed by atoms with van der Waals surface area (Å²) in [5, 5.41) is 2.79. The highest BCUT2D eigenvalue weighted by Crippen LogP contribution is 2.15. The van der Waals surface area contributed by atoms with E-state index in [1.807, 2.05) is 23.6 Å². The summed E-state index contributed by atoms with van der Waals surface area (Å²) in [7, 11) is 0. The number of rotatable bonds is 4. The fourth-order valence-electron chi connectivity index (χ4n) is 2.35. The Morgan fingerprint density at radius 2 is 2.27 bits per heavy atom. The van der Waals surface area contributed by atoms with Crippen molar-refractivity contribution >= 4 is 28.8 Å². The average Bonchev–Trinajstić information content (AvgIpc) is 2.54. The number of nitrogens with zero attached hydrogens (tertiary/aromatic N) is 3. The van der Waals surface area contributed by atoms with E-state index in [-0.39, 0.29) is 5.56 Å². The third-order valence-corrected chi connectivity index (χ3v) is 4.09. The second kappa shape index (κ2) is 6.36. The van der Waals surface area contributed by atoms with Gasteiger partial charge in [-0.05, 0) is 42.5 Å². The smallest absolute Gasteiger partial charge is 0.263 e. The van der Waals surface area contributed by atoms with E-state index in [1.54, 1.807) is 17.0 Å². The van der Waals surface area contributed by atoms with Crippen LogP contribution in [0.1, 0.15) is 25.8 Å². The van der Waals surface area contributed by atoms with Crippen molar-refractivity contribution < 1.29 is 0 Å². The van der Waals surface area contributed by atoms with Crippen LogP contribution in [0.2, 0.25) is 0 Å². The van der Waals surface area contributed by atoms with Crippen molar-refractivity contribution in [2.75, 3.05) is 0 Å². The molecule has 3 rings (SSSR count). The first-order valence-corrected chi connectivity index (χ1v) is 8.18. The van der Waals surface area contributed by atoms with E-state index in [9.17, 15) is 4.79 Å². The Bertz CT molecular complexity index is 807. The summed E-state index contributed by atoms with van der Waals surface area (Å²) >= 11 is 1.41. The van der Waals surface area contributed by atoms with Crippen LogP contribution in [0.3, 0.4) is 0 Å². The van der Waals surface area contributed by atoms with Crippen LogP contribution in [0.5, 0.6) is 0 Å². The van der Waals surface area contributed by atoms with Crippen molar-refractivity contribution in [3.8, 4) is 0 Å². The molecule has 2 aromatic heterocycles. The van der Waals surface area contributed by atoms with Crippen molar-refractivity contribution in [2.24, 2.45) is 10.9 Å². The zero-order valence-electron chi connectivity index (χ0n) is 12.6. The Hall–Kier alpha value is -2.08. The third-order valence-electron chi connectivity index (χ3n) is 3.52. The van der Waals surface area contributed by atoms with Crippen LogP contribution in [-0.2, 0) is 6.54 Å². The Labute approximate surface area is 133 Å². The number of nitrogens with one attached hydrogen (secondary N) is 1. The minimum absolute atomic E-state index is 0.0472. The lowest BCUT2D eigenvalue weighted by atomic mass is 10.1. The van der Waals surface area contributed by atoms with Gasteiger partial charge in [-0.2, -0.15) is 0 Å². The molecule has 0 spiro atoms. The van der Waals surface area contributed by atoms with Crippen LogP contribution < -0.4 is 10.3 Å². The second-order valence-electron chi connectivity index (χ2n) is 5.60. The Morgan fingerprint density at radius 1 is 1.41 bits per heavy atom. The van der Waals surface area contributed by atoms with Gasteiger partial charge in [0.2, 0.25) is 0 Å². The van der Waals surface area contributed by atoms with Crippen LogP contribution in [0.25, 0.3) is 11.0 Å². The maximum absolute atomic E-state index is 12.9. The van der Waals surface area contributed by atoms with Gasteiger partial charge >= 0.3 is 0 Å². The summed E-state index contributed by atoms with van der Waals surface area (Å²) in [6.45, 7) is 4.96. The molecule has 0 aliphatic carbocycles. The molecule has 0 unspecified atom stereocenters. The summed E-state index contributed by atoms with van der Waals surface area (Å²) in [5.74, 6) is 1.12. The van der Waals surface area contributed by atoms with Gasteiger partial charge in [0, 0.05) is 29.7 Å². The highest BCUT2D eigenvalue weighted by atomic mass is 32.2. The summed E-state index contributed by atoms with van der Waals surface area (Å²) in [4.78, 5) is 21.5. The van der Waals surface area contributed by atoms with Crippen molar-refractivity contribution in [2.45, 2.75) is 26.8 Å². The van der Waals surface area contributed by atoms with Gasteiger partial charge in [-0.15, -0.1) is 0 Å². The average molecular weight is 314 g/mol. The minimum atomic E-state index is -0.0472. The van der Waals surface area contributed by atoms with Crippen molar-refractivity contribution in [1.29, 1.82) is 0 Å². The molecule has 1 N–H and O–H groups in total. The largest absolute Gasteiger partial charge is 0.310 e. The first kappa shape index (κ1) is 14.8. The highest BCUT2D eigenvalue weighted by molar-refractivity contribution is 8.00. The molecule has 6 heteroatoms. The number of aryl methyl sites for hydroxylation is 1. The molecule has 0 bridgehead atoms. The van der Waals surface area contributed by atoms with Crippen LogP contribution in [0.15, 0.2) is 45.8 Å². The predicted octanol–water partition coefficient (Wildman–Crippen LogP) is 2.91. The van der Waals surface area contributed by atoms with Crippen molar-refractivity contribution in [1.82, 2.24) is 14.3 Å². The molecular formula is C16H18N4OS. The highest BCUT2D eigenvalue weighted by Gasteiger charge is 2.15. The topological polar surface area (TPSA) is 59.3 Å². The van der Waals surface area contributed by atoms with Gasteiger partial charge in [0.25, 0.3) is 5.56 Å². The molecule has 1 aliphatic rings. The maximum atomic E-state index is 12.9. The first-order chi connectivity index (χ1) is 10.7. The zero-order valence-corrected chi connectivity index (χ0v) is 13.4. The summed E-state index contributed by atoms with van der Waals surface area (Å²) in [5.41, 5.74) is 1.27. The monoisotopic (exact) mass is 314 g/mol. The van der Waals surface area contributed by atoms with E-state index in [0.717, 1.165) is 17.5 Å². The van der Waals surface area contributed by atoms with Gasteiger partial charge in [-0.25, -0.2) is 9.98 Å². The molecule has 5 nitrogen and oxygen atoms in total. The number of fused-ring (bicyclic) bond motifs is 1. The molecule has 0 atom stereocenters. The molecule has 0 amide bonds. The fraction of sp³-hybridized carbons (Fsp3) is 0.312. The lowest BCUT2D eigenvalue weighted by Crippen LogP contribution is -2.32. The third kappa shape index (κ3) is 2.92. The van der Waals surface area contributed by atoms with Gasteiger partial charge in [0.1, 0.15) is 11.5 Å². The van der Waals surface area contributed by atoms with Crippen molar-refractivity contribution in [3.05, 3.63) is 51.9 Å². The fourth-order valence-corrected chi connectivity index (χ4v) is 2.81. The number of pyridine rings is 2. The lowest BCUT2D eigenvalue weighted by Gasteiger charge is -2.15. The number of aliphatic imine (C=N–C) groups is 1. The normalized spacial score (nSPS) is 14.2. The van der Waals surface area contributed by atoms with Crippen LogP contribution in [0, 0.1) is 5.92 Å². The van der Waals surface area contributed by atoms with E-state index in [2.05, 4.69) is 28.5 Å². The quantitative estimate of drug-likeness (QED) is 0.882. The molecule has 0 fully saturated rings. The van der Waals surface area contributed by atoms with Crippen LogP contribution >= 0.6 is 11.9 Å². The molecule has 114 valence electrons. The number of hydrogen-bond acceptors (Lipinski definition) is 5. The van der Waals surface area contributed by atoms with Gasteiger partial charge in [0.15, 0.2) is 0 Å². The summed E-state index contributed by atoms with van der Waals surface area (Å²) < 4.78 is 4.84. The van der Waals surface area contributed by atoms with Gasteiger partial charge in [-0.3, -0.25) is 9.36 Å². The molecule has 1 aliphatic heterocycles. The SMILES string of the molecule is CC(C)CCn1c(=O)c(C2=NC=CSN2)cc2cccnc21. The van der Waals surface area contributed by atoms with E-state index in [1.165, 1.54) is 11.9 Å². The molecule has 2 aromatic rings. The summed E-state index contributed by atoms with van der Waals surface area (Å²) in [6.07, 6.45) is 4.35. The van der Waals surface area contributed by atoms with E-state index in [0.29, 0.717) is 23.9 Å². The number of hydrogen-bond donors (Lipinski definition) is 1. The minimum Gasteiger partial charge on any atom is -0.310 e. The molecule has 22 heavy (non-hydrogen) atoms. The predicted molar refractivity (Wildman–Crippen MR) is 91.9 cm³/mol.